The van der Waals surface area contributed by atoms with Crippen molar-refractivity contribution in [2.45, 2.75) is 33.4 Å². The molecule has 0 spiro atoms. The topological polar surface area (TPSA) is 102 Å². The van der Waals surface area contributed by atoms with Crippen molar-refractivity contribution in [3.63, 3.8) is 0 Å². The average molecular weight is 436 g/mol. The zero-order chi connectivity index (χ0) is 21.3. The van der Waals surface area contributed by atoms with E-state index in [9.17, 15) is 14.7 Å². The summed E-state index contributed by atoms with van der Waals surface area (Å²) in [5, 5.41) is 21.5. The van der Waals surface area contributed by atoms with Gasteiger partial charge in [0.15, 0.2) is 0 Å². The summed E-state index contributed by atoms with van der Waals surface area (Å²) in [6.07, 6.45) is 1.39. The van der Waals surface area contributed by atoms with Gasteiger partial charge in [-0.1, -0.05) is 29.3 Å². The molecule has 29 heavy (non-hydrogen) atoms. The van der Waals surface area contributed by atoms with Gasteiger partial charge >= 0.3 is 5.97 Å². The maximum atomic E-state index is 12.7. The number of amides is 1. The molecule has 0 bridgehead atoms. The fourth-order valence-corrected chi connectivity index (χ4v) is 3.40. The van der Waals surface area contributed by atoms with Crippen molar-refractivity contribution in [1.29, 1.82) is 0 Å². The Labute approximate surface area is 177 Å². The quantitative estimate of drug-likeness (QED) is 0.609. The summed E-state index contributed by atoms with van der Waals surface area (Å²) in [6.45, 7) is 5.47. The Balaban J connectivity index is 1.85. The fourth-order valence-electron chi connectivity index (χ4n) is 2.93. The van der Waals surface area contributed by atoms with Crippen LogP contribution in [0.3, 0.4) is 0 Å². The third-order valence-electron chi connectivity index (χ3n) is 4.58. The lowest BCUT2D eigenvalue weighted by Crippen LogP contribution is -2.24. The van der Waals surface area contributed by atoms with Gasteiger partial charge in [0.05, 0.1) is 23.6 Å². The van der Waals surface area contributed by atoms with Crippen molar-refractivity contribution in [3.05, 3.63) is 63.2 Å². The fraction of sp³-hybridized carbons (Fsp3) is 0.263. The number of carboxylic acid groups (broad SMARTS) is 1. The number of carbonyl (C=O) groups is 2. The van der Waals surface area contributed by atoms with E-state index in [0.29, 0.717) is 28.0 Å². The number of rotatable bonds is 6. The molecule has 1 unspecified atom stereocenters. The van der Waals surface area contributed by atoms with E-state index in [1.165, 1.54) is 23.9 Å². The van der Waals surface area contributed by atoms with Crippen molar-refractivity contribution in [1.82, 2.24) is 19.6 Å². The lowest BCUT2D eigenvalue weighted by molar-refractivity contribution is -0.140. The first-order valence-electron chi connectivity index (χ1n) is 8.74. The number of hydrogen-bond acceptors (Lipinski definition) is 4. The number of halogens is 2. The number of aliphatic carboxylic acids is 1. The second-order valence-electron chi connectivity index (χ2n) is 6.57. The lowest BCUT2D eigenvalue weighted by atomic mass is 10.2. The monoisotopic (exact) mass is 435 g/mol. The molecule has 1 aromatic carbocycles. The van der Waals surface area contributed by atoms with Crippen LogP contribution >= 0.6 is 23.2 Å². The van der Waals surface area contributed by atoms with Crippen molar-refractivity contribution >= 4 is 40.8 Å². The van der Waals surface area contributed by atoms with Crippen LogP contribution in [0.4, 0.5) is 5.69 Å². The van der Waals surface area contributed by atoms with Gasteiger partial charge in [-0.05, 0) is 44.5 Å². The molecule has 2 N–H and O–H groups in total. The first-order valence-corrected chi connectivity index (χ1v) is 9.50. The number of nitrogens with one attached hydrogen (secondary N) is 1. The number of aryl methyl sites for hydroxylation is 1. The van der Waals surface area contributed by atoms with E-state index in [1.54, 1.807) is 23.7 Å². The molecule has 8 nitrogen and oxygen atoms in total. The Morgan fingerprint density at radius 1 is 1.24 bits per heavy atom. The van der Waals surface area contributed by atoms with Crippen molar-refractivity contribution in [2.24, 2.45) is 0 Å². The number of hydrogen-bond donors (Lipinski definition) is 2. The third kappa shape index (κ3) is 4.28. The molecule has 0 saturated carbocycles. The predicted molar refractivity (Wildman–Crippen MR) is 110 cm³/mol. The average Bonchev–Trinajstić information content (AvgIpc) is 3.24. The Morgan fingerprint density at radius 2 is 1.97 bits per heavy atom. The van der Waals surface area contributed by atoms with Gasteiger partial charge in [-0.25, -0.2) is 9.48 Å². The van der Waals surface area contributed by atoms with Crippen LogP contribution in [-0.2, 0) is 11.3 Å². The summed E-state index contributed by atoms with van der Waals surface area (Å²) in [6, 6.07) is 5.74. The summed E-state index contributed by atoms with van der Waals surface area (Å²) in [7, 11) is 0. The summed E-state index contributed by atoms with van der Waals surface area (Å²) in [5.41, 5.74) is 2.90. The number of carbonyl (C=O) groups excluding carboxylic acids is 1. The second kappa shape index (κ2) is 8.26. The molecule has 0 aliphatic heterocycles. The largest absolute Gasteiger partial charge is 0.480 e. The molecule has 0 fully saturated rings. The molecule has 0 aliphatic carbocycles. The molecule has 1 atom stereocenters. The minimum atomic E-state index is -1.08. The lowest BCUT2D eigenvalue weighted by Gasteiger charge is -2.12. The molecule has 152 valence electrons. The number of nitrogens with zero attached hydrogens (tertiary/aromatic N) is 4. The number of anilines is 1. The normalized spacial score (nSPS) is 12.0. The van der Waals surface area contributed by atoms with Crippen LogP contribution < -0.4 is 5.32 Å². The van der Waals surface area contributed by atoms with Crippen LogP contribution in [0.15, 0.2) is 30.5 Å². The number of benzene rings is 1. The standard InChI is InChI=1S/C19H19Cl2N5O3/c1-10-17(23-18(27)16-6-7-22-26(16)12(3)19(28)29)11(2)25(24-10)9-13-4-5-14(20)8-15(13)21/h4-8,12H,9H2,1-3H3,(H,23,27)(H,28,29). The van der Waals surface area contributed by atoms with Crippen LogP contribution in [0.25, 0.3) is 0 Å². The molecule has 0 aliphatic rings. The highest BCUT2D eigenvalue weighted by Gasteiger charge is 2.23. The molecule has 0 saturated heterocycles. The van der Waals surface area contributed by atoms with E-state index in [1.807, 2.05) is 13.0 Å². The van der Waals surface area contributed by atoms with Crippen LogP contribution in [-0.4, -0.2) is 36.5 Å². The maximum absolute atomic E-state index is 12.7. The van der Waals surface area contributed by atoms with Gasteiger partial charge in [-0.3, -0.25) is 9.48 Å². The summed E-state index contributed by atoms with van der Waals surface area (Å²) < 4.78 is 2.90. The second-order valence-corrected chi connectivity index (χ2v) is 7.41. The first-order chi connectivity index (χ1) is 13.7. The van der Waals surface area contributed by atoms with E-state index in [4.69, 9.17) is 23.2 Å². The van der Waals surface area contributed by atoms with Crippen LogP contribution in [0, 0.1) is 13.8 Å². The van der Waals surface area contributed by atoms with E-state index in [2.05, 4.69) is 15.5 Å². The van der Waals surface area contributed by atoms with Gasteiger partial charge in [0.1, 0.15) is 11.7 Å². The molecule has 10 heteroatoms. The van der Waals surface area contributed by atoms with Crippen LogP contribution in [0.5, 0.6) is 0 Å². The van der Waals surface area contributed by atoms with Gasteiger partial charge in [-0.2, -0.15) is 10.2 Å². The SMILES string of the molecule is Cc1nn(Cc2ccc(Cl)cc2Cl)c(C)c1NC(=O)c1ccnn1C(C)C(=O)O. The molecular formula is C19H19Cl2N5O3. The predicted octanol–water partition coefficient (Wildman–Crippen LogP) is 3.95. The van der Waals surface area contributed by atoms with Gasteiger partial charge < -0.3 is 10.4 Å². The van der Waals surface area contributed by atoms with E-state index in [0.717, 1.165) is 11.3 Å². The maximum Gasteiger partial charge on any atom is 0.328 e. The first kappa shape index (κ1) is 20.9. The minimum absolute atomic E-state index is 0.146. The molecular weight excluding hydrogens is 417 g/mol. The Bertz CT molecular complexity index is 1090. The number of aromatic nitrogens is 4. The molecule has 0 radical (unpaired) electrons. The molecule has 2 aromatic heterocycles. The molecule has 1 amide bonds. The molecule has 3 rings (SSSR count). The zero-order valence-corrected chi connectivity index (χ0v) is 17.5. The zero-order valence-electron chi connectivity index (χ0n) is 16.0. The summed E-state index contributed by atoms with van der Waals surface area (Å²) in [5.74, 6) is -1.55. The highest BCUT2D eigenvalue weighted by Crippen LogP contribution is 2.25. The molecule has 2 heterocycles. The third-order valence-corrected chi connectivity index (χ3v) is 5.17. The van der Waals surface area contributed by atoms with Gasteiger partial charge in [0, 0.05) is 16.2 Å². The Morgan fingerprint density at radius 3 is 2.62 bits per heavy atom. The smallest absolute Gasteiger partial charge is 0.328 e. The van der Waals surface area contributed by atoms with Crippen LogP contribution in [0.1, 0.15) is 40.4 Å². The summed E-state index contributed by atoms with van der Waals surface area (Å²) >= 11 is 12.2. The van der Waals surface area contributed by atoms with Gasteiger partial charge in [-0.15, -0.1) is 0 Å². The Hall–Kier alpha value is -2.84. The summed E-state index contributed by atoms with van der Waals surface area (Å²) in [4.78, 5) is 24.0. The van der Waals surface area contributed by atoms with Crippen molar-refractivity contribution in [3.8, 4) is 0 Å². The van der Waals surface area contributed by atoms with E-state index >= 15 is 0 Å². The highest BCUT2D eigenvalue weighted by atomic mass is 35.5. The Kier molecular flexibility index (Phi) is 5.95. The van der Waals surface area contributed by atoms with Crippen molar-refractivity contribution in [2.75, 3.05) is 5.32 Å². The van der Waals surface area contributed by atoms with Gasteiger partial charge in [0.25, 0.3) is 5.91 Å². The van der Waals surface area contributed by atoms with Crippen molar-refractivity contribution < 1.29 is 14.7 Å². The van der Waals surface area contributed by atoms with E-state index in [-0.39, 0.29) is 5.69 Å². The minimum Gasteiger partial charge on any atom is -0.480 e. The van der Waals surface area contributed by atoms with Gasteiger partial charge in [0.2, 0.25) is 0 Å². The van der Waals surface area contributed by atoms with Crippen LogP contribution in [0.2, 0.25) is 10.0 Å². The highest BCUT2D eigenvalue weighted by molar-refractivity contribution is 6.35. The number of carboxylic acids is 1. The molecule has 3 aromatic rings. The van der Waals surface area contributed by atoms with E-state index < -0.39 is 17.9 Å².